The number of thiazole rings is 1. The Hall–Kier alpha value is -1.78. The van der Waals surface area contributed by atoms with Gasteiger partial charge in [-0.05, 0) is 18.2 Å². The Bertz CT molecular complexity index is 793. The van der Waals surface area contributed by atoms with Gasteiger partial charge in [-0.1, -0.05) is 30.3 Å². The molecule has 0 radical (unpaired) electrons. The fourth-order valence-corrected chi connectivity index (χ4v) is 4.65. The Kier molecular flexibility index (Phi) is 2.79. The Balaban J connectivity index is 1.89. The summed E-state index contributed by atoms with van der Waals surface area (Å²) in [6, 6.07) is 16.4. The van der Waals surface area contributed by atoms with E-state index in [0.29, 0.717) is 0 Å². The summed E-state index contributed by atoms with van der Waals surface area (Å²) < 4.78 is 0. The Morgan fingerprint density at radius 3 is 2.55 bits per heavy atom. The minimum absolute atomic E-state index is 0.791. The summed E-state index contributed by atoms with van der Waals surface area (Å²) in [7, 11) is 0. The summed E-state index contributed by atoms with van der Waals surface area (Å²) in [5.41, 5.74) is 10.3. The van der Waals surface area contributed by atoms with Gasteiger partial charge < -0.3 is 5.73 Å². The standard InChI is InChI=1S/C16H12N2S2/c17-12-7-3-1-5-10(12)16-18-15-11-6-2-4-8-13(11)19-9-14(15)20-16/h1-8H,9,17H2. The topological polar surface area (TPSA) is 38.9 Å². The van der Waals surface area contributed by atoms with Crippen molar-refractivity contribution in [2.24, 2.45) is 0 Å². The van der Waals surface area contributed by atoms with Crippen LogP contribution >= 0.6 is 23.1 Å². The molecule has 2 N–H and O–H groups in total. The van der Waals surface area contributed by atoms with Crippen molar-refractivity contribution >= 4 is 28.8 Å². The molecule has 2 aromatic carbocycles. The van der Waals surface area contributed by atoms with Crippen LogP contribution in [-0.2, 0) is 5.75 Å². The number of nitrogens with two attached hydrogens (primary N) is 1. The van der Waals surface area contributed by atoms with Gasteiger partial charge in [0.05, 0.1) is 5.69 Å². The molecule has 98 valence electrons. The first-order valence-electron chi connectivity index (χ1n) is 6.40. The number of thioether (sulfide) groups is 1. The number of fused-ring (bicyclic) bond motifs is 3. The molecule has 0 amide bonds. The molecule has 2 nitrogen and oxygen atoms in total. The van der Waals surface area contributed by atoms with Crippen LogP contribution in [0.2, 0.25) is 0 Å². The molecule has 1 aliphatic rings. The quantitative estimate of drug-likeness (QED) is 0.663. The van der Waals surface area contributed by atoms with Gasteiger partial charge in [0.1, 0.15) is 5.01 Å². The Morgan fingerprint density at radius 2 is 1.70 bits per heavy atom. The zero-order chi connectivity index (χ0) is 13.5. The van der Waals surface area contributed by atoms with Gasteiger partial charge in [-0.15, -0.1) is 23.1 Å². The van der Waals surface area contributed by atoms with E-state index in [9.17, 15) is 0 Å². The number of anilines is 1. The van der Waals surface area contributed by atoms with E-state index < -0.39 is 0 Å². The van der Waals surface area contributed by atoms with Crippen LogP contribution in [-0.4, -0.2) is 4.98 Å². The van der Waals surface area contributed by atoms with Crippen LogP contribution in [0.4, 0.5) is 5.69 Å². The number of nitrogen functional groups attached to an aromatic ring is 1. The highest BCUT2D eigenvalue weighted by Crippen LogP contribution is 2.45. The first kappa shape index (κ1) is 12.0. The van der Waals surface area contributed by atoms with Gasteiger partial charge in [-0.25, -0.2) is 4.98 Å². The van der Waals surface area contributed by atoms with E-state index in [2.05, 4.69) is 24.3 Å². The lowest BCUT2D eigenvalue weighted by Crippen LogP contribution is -1.92. The van der Waals surface area contributed by atoms with Crippen LogP contribution < -0.4 is 5.73 Å². The van der Waals surface area contributed by atoms with Crippen molar-refractivity contribution < 1.29 is 0 Å². The number of benzene rings is 2. The molecule has 0 saturated carbocycles. The summed E-state index contributed by atoms with van der Waals surface area (Å²) in [5, 5.41) is 1.02. The van der Waals surface area contributed by atoms with Gasteiger partial charge in [-0.2, -0.15) is 0 Å². The first-order valence-corrected chi connectivity index (χ1v) is 8.20. The van der Waals surface area contributed by atoms with Gasteiger partial charge in [0.2, 0.25) is 0 Å². The van der Waals surface area contributed by atoms with Crippen LogP contribution in [0, 0.1) is 0 Å². The number of nitrogens with zero attached hydrogens (tertiary/aromatic N) is 1. The maximum Gasteiger partial charge on any atom is 0.126 e. The van der Waals surface area contributed by atoms with E-state index in [1.54, 1.807) is 11.3 Å². The van der Waals surface area contributed by atoms with Crippen molar-refractivity contribution in [1.82, 2.24) is 4.98 Å². The summed E-state index contributed by atoms with van der Waals surface area (Å²) in [5.74, 6) is 0.997. The molecule has 0 fully saturated rings. The molecule has 0 aliphatic carbocycles. The minimum Gasteiger partial charge on any atom is -0.398 e. The van der Waals surface area contributed by atoms with E-state index in [4.69, 9.17) is 10.7 Å². The van der Waals surface area contributed by atoms with Crippen molar-refractivity contribution in [3.8, 4) is 21.8 Å². The lowest BCUT2D eigenvalue weighted by Gasteiger charge is -2.13. The van der Waals surface area contributed by atoms with Crippen LogP contribution in [0.25, 0.3) is 21.8 Å². The second-order valence-electron chi connectivity index (χ2n) is 4.66. The molecule has 2 heterocycles. The largest absolute Gasteiger partial charge is 0.398 e. The maximum atomic E-state index is 6.07. The van der Waals surface area contributed by atoms with Crippen LogP contribution in [0.15, 0.2) is 53.4 Å². The number of rotatable bonds is 1. The third kappa shape index (κ3) is 1.84. The summed E-state index contributed by atoms with van der Waals surface area (Å²) in [4.78, 5) is 7.51. The number of hydrogen-bond donors (Lipinski definition) is 1. The molecule has 0 saturated heterocycles. The second kappa shape index (κ2) is 4.65. The van der Waals surface area contributed by atoms with E-state index in [1.807, 2.05) is 36.0 Å². The normalized spacial score (nSPS) is 12.8. The lowest BCUT2D eigenvalue weighted by atomic mass is 10.1. The van der Waals surface area contributed by atoms with Crippen molar-refractivity contribution in [3.63, 3.8) is 0 Å². The molecule has 4 rings (SSSR count). The van der Waals surface area contributed by atoms with Crippen LogP contribution in [0.3, 0.4) is 0 Å². The van der Waals surface area contributed by atoms with Crippen molar-refractivity contribution in [2.45, 2.75) is 10.6 Å². The molecule has 1 aliphatic heterocycles. The second-order valence-corrected chi connectivity index (χ2v) is 6.76. The highest BCUT2D eigenvalue weighted by Gasteiger charge is 2.21. The van der Waals surface area contributed by atoms with Gasteiger partial charge in [0, 0.05) is 32.3 Å². The van der Waals surface area contributed by atoms with Crippen molar-refractivity contribution in [3.05, 3.63) is 53.4 Å². The molecular weight excluding hydrogens is 284 g/mol. The first-order chi connectivity index (χ1) is 9.83. The van der Waals surface area contributed by atoms with Gasteiger partial charge in [0.15, 0.2) is 0 Å². The van der Waals surface area contributed by atoms with Gasteiger partial charge in [-0.3, -0.25) is 0 Å². The molecule has 3 aromatic rings. The fraction of sp³-hybridized carbons (Fsp3) is 0.0625. The average Bonchev–Trinajstić information content (AvgIpc) is 2.92. The maximum absolute atomic E-state index is 6.07. The van der Waals surface area contributed by atoms with Gasteiger partial charge >= 0.3 is 0 Å². The SMILES string of the molecule is Nc1ccccc1-c1nc2c(s1)CSc1ccccc1-2. The predicted molar refractivity (Wildman–Crippen MR) is 87.0 cm³/mol. The smallest absolute Gasteiger partial charge is 0.126 e. The Labute approximate surface area is 125 Å². The molecular formula is C16H12N2S2. The van der Waals surface area contributed by atoms with E-state index in [1.165, 1.54) is 15.3 Å². The molecule has 4 heteroatoms. The molecule has 0 atom stereocenters. The summed E-state index contributed by atoms with van der Waals surface area (Å²) in [6.45, 7) is 0. The molecule has 0 unspecified atom stereocenters. The highest BCUT2D eigenvalue weighted by molar-refractivity contribution is 7.98. The van der Waals surface area contributed by atoms with E-state index >= 15 is 0 Å². The summed E-state index contributed by atoms with van der Waals surface area (Å²) >= 11 is 3.64. The van der Waals surface area contributed by atoms with E-state index in [-0.39, 0.29) is 0 Å². The zero-order valence-corrected chi connectivity index (χ0v) is 12.3. The number of aromatic nitrogens is 1. The fourth-order valence-electron chi connectivity index (χ4n) is 2.40. The molecule has 0 bridgehead atoms. The predicted octanol–water partition coefficient (Wildman–Crippen LogP) is 4.67. The lowest BCUT2D eigenvalue weighted by molar-refractivity contribution is 1.29. The van der Waals surface area contributed by atoms with Crippen molar-refractivity contribution in [2.75, 3.05) is 5.73 Å². The third-order valence-electron chi connectivity index (χ3n) is 3.39. The highest BCUT2D eigenvalue weighted by atomic mass is 32.2. The Morgan fingerprint density at radius 1 is 0.950 bits per heavy atom. The number of hydrogen-bond acceptors (Lipinski definition) is 4. The van der Waals surface area contributed by atoms with Crippen LogP contribution in [0.1, 0.15) is 4.88 Å². The monoisotopic (exact) mass is 296 g/mol. The average molecular weight is 296 g/mol. The summed E-state index contributed by atoms with van der Waals surface area (Å²) in [6.07, 6.45) is 0. The molecule has 20 heavy (non-hydrogen) atoms. The zero-order valence-electron chi connectivity index (χ0n) is 10.7. The number of para-hydroxylation sites is 1. The molecule has 1 aromatic heterocycles. The molecule has 0 spiro atoms. The minimum atomic E-state index is 0.791. The third-order valence-corrected chi connectivity index (χ3v) is 5.76. The van der Waals surface area contributed by atoms with E-state index in [0.717, 1.165) is 27.7 Å². The van der Waals surface area contributed by atoms with Gasteiger partial charge in [0.25, 0.3) is 0 Å². The van der Waals surface area contributed by atoms with Crippen molar-refractivity contribution in [1.29, 1.82) is 0 Å². The van der Waals surface area contributed by atoms with Crippen LogP contribution in [0.5, 0.6) is 0 Å².